The molecule has 3 aromatic rings. The first-order valence-electron chi connectivity index (χ1n) is 6.23. The second kappa shape index (κ2) is 5.72. The molecule has 19 heavy (non-hydrogen) atoms. The van der Waals surface area contributed by atoms with E-state index in [9.17, 15) is 0 Å². The molecule has 0 atom stereocenters. The van der Waals surface area contributed by atoms with E-state index in [1.54, 1.807) is 11.3 Å². The summed E-state index contributed by atoms with van der Waals surface area (Å²) in [6, 6.07) is 22.6. The van der Waals surface area contributed by atoms with Gasteiger partial charge < -0.3 is 4.74 Å². The number of benzene rings is 2. The Morgan fingerprint density at radius 3 is 2.37 bits per heavy atom. The predicted octanol–water partition coefficient (Wildman–Crippen LogP) is 4.99. The van der Waals surface area contributed by atoms with Gasteiger partial charge in [-0.2, -0.15) is 0 Å². The van der Waals surface area contributed by atoms with Crippen LogP contribution < -0.4 is 4.74 Å². The van der Waals surface area contributed by atoms with Crippen molar-refractivity contribution < 1.29 is 4.74 Å². The summed E-state index contributed by atoms with van der Waals surface area (Å²) in [6.45, 7) is 0.627. The van der Waals surface area contributed by atoms with Crippen LogP contribution in [-0.2, 0) is 6.61 Å². The number of para-hydroxylation sites is 1. The average Bonchev–Trinajstić information content (AvgIpc) is 3.00. The van der Waals surface area contributed by atoms with E-state index in [0.29, 0.717) is 6.61 Å². The molecule has 0 aliphatic carbocycles. The molecule has 0 amide bonds. The highest BCUT2D eigenvalue weighted by Crippen LogP contribution is 2.30. The maximum Gasteiger partial charge on any atom is 0.127 e. The Kier molecular flexibility index (Phi) is 3.61. The molecule has 0 bridgehead atoms. The normalized spacial score (nSPS) is 10.3. The van der Waals surface area contributed by atoms with Crippen molar-refractivity contribution in [2.45, 2.75) is 6.61 Å². The molecule has 0 saturated heterocycles. The second-order valence-electron chi connectivity index (χ2n) is 4.23. The smallest absolute Gasteiger partial charge is 0.127 e. The third kappa shape index (κ3) is 2.85. The maximum absolute atomic E-state index is 5.95. The summed E-state index contributed by atoms with van der Waals surface area (Å²) < 4.78 is 5.95. The van der Waals surface area contributed by atoms with Gasteiger partial charge in [-0.25, -0.2) is 0 Å². The summed E-state index contributed by atoms with van der Waals surface area (Å²) in [5, 5.41) is 2.07. The van der Waals surface area contributed by atoms with Crippen LogP contribution in [-0.4, -0.2) is 0 Å². The van der Waals surface area contributed by atoms with Gasteiger partial charge in [-0.1, -0.05) is 54.6 Å². The third-order valence-electron chi connectivity index (χ3n) is 2.92. The zero-order valence-electron chi connectivity index (χ0n) is 10.5. The molecular formula is C17H14OS. The molecule has 0 aliphatic rings. The van der Waals surface area contributed by atoms with Crippen LogP contribution in [0.5, 0.6) is 5.75 Å². The Bertz CT molecular complexity index is 629. The fourth-order valence-corrected chi connectivity index (χ4v) is 2.61. The number of ether oxygens (including phenoxy) is 1. The molecule has 1 nitrogen and oxygen atoms in total. The summed E-state index contributed by atoms with van der Waals surface area (Å²) in [5.74, 6) is 0.932. The molecule has 1 heterocycles. The van der Waals surface area contributed by atoms with Crippen LogP contribution in [0.25, 0.3) is 11.1 Å². The van der Waals surface area contributed by atoms with Gasteiger partial charge in [0.15, 0.2) is 0 Å². The summed E-state index contributed by atoms with van der Waals surface area (Å²) in [5.41, 5.74) is 2.32. The molecule has 94 valence electrons. The Hall–Kier alpha value is -2.06. The minimum Gasteiger partial charge on any atom is -0.487 e. The van der Waals surface area contributed by atoms with Gasteiger partial charge in [0.2, 0.25) is 0 Å². The number of hydrogen-bond donors (Lipinski definition) is 0. The van der Waals surface area contributed by atoms with Crippen molar-refractivity contribution in [2.75, 3.05) is 0 Å². The average molecular weight is 266 g/mol. The van der Waals surface area contributed by atoms with E-state index in [1.165, 1.54) is 10.4 Å². The van der Waals surface area contributed by atoms with Crippen LogP contribution >= 0.6 is 11.3 Å². The van der Waals surface area contributed by atoms with E-state index in [4.69, 9.17) is 4.74 Å². The highest BCUT2D eigenvalue weighted by atomic mass is 32.1. The predicted molar refractivity (Wildman–Crippen MR) is 80.5 cm³/mol. The van der Waals surface area contributed by atoms with Gasteiger partial charge in [-0.15, -0.1) is 11.3 Å². The van der Waals surface area contributed by atoms with Crippen molar-refractivity contribution in [3.63, 3.8) is 0 Å². The molecule has 0 N–H and O–H groups in total. The van der Waals surface area contributed by atoms with Crippen LogP contribution in [0.4, 0.5) is 0 Å². The van der Waals surface area contributed by atoms with Crippen molar-refractivity contribution in [1.29, 1.82) is 0 Å². The monoisotopic (exact) mass is 266 g/mol. The topological polar surface area (TPSA) is 9.23 Å². The quantitative estimate of drug-likeness (QED) is 0.646. The van der Waals surface area contributed by atoms with Gasteiger partial charge in [-0.05, 0) is 23.1 Å². The highest BCUT2D eigenvalue weighted by molar-refractivity contribution is 7.09. The number of hydrogen-bond acceptors (Lipinski definition) is 2. The van der Waals surface area contributed by atoms with Gasteiger partial charge in [0, 0.05) is 10.4 Å². The Morgan fingerprint density at radius 1 is 0.789 bits per heavy atom. The summed E-state index contributed by atoms with van der Waals surface area (Å²) in [4.78, 5) is 1.24. The first-order valence-corrected chi connectivity index (χ1v) is 7.11. The SMILES string of the molecule is c1ccc(-c2ccccc2OCc2cccs2)cc1. The minimum absolute atomic E-state index is 0.627. The van der Waals surface area contributed by atoms with E-state index in [2.05, 4.69) is 29.6 Å². The van der Waals surface area contributed by atoms with Crippen molar-refractivity contribution in [1.82, 2.24) is 0 Å². The molecular weight excluding hydrogens is 252 g/mol. The van der Waals surface area contributed by atoms with Crippen molar-refractivity contribution >= 4 is 11.3 Å². The van der Waals surface area contributed by atoms with Gasteiger partial charge in [-0.3, -0.25) is 0 Å². The molecule has 0 spiro atoms. The largest absolute Gasteiger partial charge is 0.487 e. The maximum atomic E-state index is 5.95. The van der Waals surface area contributed by atoms with Crippen molar-refractivity contribution in [3.05, 3.63) is 77.0 Å². The molecule has 0 saturated carbocycles. The molecule has 2 heteroatoms. The molecule has 1 aromatic heterocycles. The van der Waals surface area contributed by atoms with Crippen LogP contribution in [0.3, 0.4) is 0 Å². The molecule has 0 radical (unpaired) electrons. The molecule has 0 fully saturated rings. The lowest BCUT2D eigenvalue weighted by atomic mass is 10.1. The molecule has 0 aliphatic heterocycles. The van der Waals surface area contributed by atoms with Crippen LogP contribution in [0.2, 0.25) is 0 Å². The lowest BCUT2D eigenvalue weighted by Crippen LogP contribution is -1.94. The zero-order valence-corrected chi connectivity index (χ0v) is 11.3. The van der Waals surface area contributed by atoms with Gasteiger partial charge in [0.05, 0.1) is 0 Å². The van der Waals surface area contributed by atoms with E-state index >= 15 is 0 Å². The summed E-state index contributed by atoms with van der Waals surface area (Å²) >= 11 is 1.72. The van der Waals surface area contributed by atoms with Crippen LogP contribution in [0.15, 0.2) is 72.1 Å². The van der Waals surface area contributed by atoms with Gasteiger partial charge >= 0.3 is 0 Å². The summed E-state index contributed by atoms with van der Waals surface area (Å²) in [6.07, 6.45) is 0. The highest BCUT2D eigenvalue weighted by Gasteiger charge is 2.05. The number of rotatable bonds is 4. The minimum atomic E-state index is 0.627. The van der Waals surface area contributed by atoms with Crippen molar-refractivity contribution in [3.8, 4) is 16.9 Å². The first kappa shape index (κ1) is 12.0. The van der Waals surface area contributed by atoms with Gasteiger partial charge in [0.25, 0.3) is 0 Å². The van der Waals surface area contributed by atoms with Crippen LogP contribution in [0, 0.1) is 0 Å². The fourth-order valence-electron chi connectivity index (χ4n) is 1.99. The Labute approximate surface area is 117 Å². The van der Waals surface area contributed by atoms with Crippen LogP contribution in [0.1, 0.15) is 4.88 Å². The number of thiophene rings is 1. The molecule has 3 rings (SSSR count). The lowest BCUT2D eigenvalue weighted by Gasteiger charge is -2.10. The first-order chi connectivity index (χ1) is 9.43. The van der Waals surface area contributed by atoms with Crippen molar-refractivity contribution in [2.24, 2.45) is 0 Å². The summed E-state index contributed by atoms with van der Waals surface area (Å²) in [7, 11) is 0. The molecule has 2 aromatic carbocycles. The van der Waals surface area contributed by atoms with E-state index in [-0.39, 0.29) is 0 Å². The van der Waals surface area contributed by atoms with Gasteiger partial charge in [0.1, 0.15) is 12.4 Å². The van der Waals surface area contributed by atoms with E-state index < -0.39 is 0 Å². The second-order valence-corrected chi connectivity index (χ2v) is 5.26. The zero-order chi connectivity index (χ0) is 12.9. The third-order valence-corrected chi connectivity index (χ3v) is 3.77. The lowest BCUT2D eigenvalue weighted by molar-refractivity contribution is 0.311. The Balaban J connectivity index is 1.85. The fraction of sp³-hybridized carbons (Fsp3) is 0.0588. The standard InChI is InChI=1S/C17H14OS/c1-2-7-14(8-3-1)16-10-4-5-11-17(16)18-13-15-9-6-12-19-15/h1-12H,13H2. The molecule has 0 unspecified atom stereocenters. The van der Waals surface area contributed by atoms with E-state index in [1.807, 2.05) is 42.5 Å². The Morgan fingerprint density at radius 2 is 1.58 bits per heavy atom. The van der Waals surface area contributed by atoms with E-state index in [0.717, 1.165) is 11.3 Å².